The molecule has 0 radical (unpaired) electrons. The quantitative estimate of drug-likeness (QED) is 0.653. The Balaban J connectivity index is 1.34. The highest BCUT2D eigenvalue weighted by atomic mass is 32.2. The van der Waals surface area contributed by atoms with Crippen molar-refractivity contribution in [3.63, 3.8) is 0 Å². The molecule has 2 amide bonds. The van der Waals surface area contributed by atoms with E-state index in [2.05, 4.69) is 15.6 Å². The van der Waals surface area contributed by atoms with Crippen molar-refractivity contribution < 1.29 is 23.8 Å². The van der Waals surface area contributed by atoms with Crippen LogP contribution in [0, 0.1) is 0 Å². The first-order chi connectivity index (χ1) is 14.6. The van der Waals surface area contributed by atoms with Crippen molar-refractivity contribution in [3.05, 3.63) is 42.1 Å². The predicted molar refractivity (Wildman–Crippen MR) is 112 cm³/mol. The number of nitrogens with one attached hydrogen (secondary N) is 2. The van der Waals surface area contributed by atoms with E-state index in [0.29, 0.717) is 27.8 Å². The minimum Gasteiger partial charge on any atom is -0.454 e. The van der Waals surface area contributed by atoms with Gasteiger partial charge in [0.2, 0.25) is 12.7 Å². The van der Waals surface area contributed by atoms with Crippen molar-refractivity contribution in [2.75, 3.05) is 24.5 Å². The lowest BCUT2D eigenvalue weighted by atomic mass is 10.1. The van der Waals surface area contributed by atoms with Gasteiger partial charge in [-0.25, -0.2) is 4.98 Å². The standard InChI is InChI=1S/C21H23N3O5S/c1-13(16-5-3-9-27-16)23-20(26)15-4-2-8-22-21(15)30-11-19(25)24-14-6-7-17-18(10-14)29-12-28-17/h2,4,6-8,10,13,16H,3,5,9,11-12H2,1H3,(H,23,26)(H,24,25). The van der Waals surface area contributed by atoms with Crippen molar-refractivity contribution in [1.82, 2.24) is 10.3 Å². The maximum absolute atomic E-state index is 12.7. The Morgan fingerprint density at radius 1 is 1.27 bits per heavy atom. The Kier molecular flexibility index (Phi) is 6.39. The van der Waals surface area contributed by atoms with Crippen LogP contribution in [0.15, 0.2) is 41.6 Å². The first kappa shape index (κ1) is 20.5. The summed E-state index contributed by atoms with van der Waals surface area (Å²) in [6.45, 7) is 2.85. The minimum atomic E-state index is -0.218. The second-order valence-electron chi connectivity index (χ2n) is 7.07. The number of benzene rings is 1. The van der Waals surface area contributed by atoms with Gasteiger partial charge in [0.1, 0.15) is 5.03 Å². The Morgan fingerprint density at radius 2 is 2.13 bits per heavy atom. The summed E-state index contributed by atoms with van der Waals surface area (Å²) in [5, 5.41) is 6.32. The van der Waals surface area contributed by atoms with Crippen LogP contribution in [-0.2, 0) is 9.53 Å². The van der Waals surface area contributed by atoms with Crippen LogP contribution < -0.4 is 20.1 Å². The van der Waals surface area contributed by atoms with E-state index >= 15 is 0 Å². The number of hydrogen-bond donors (Lipinski definition) is 2. The van der Waals surface area contributed by atoms with Crippen LogP contribution in [0.1, 0.15) is 30.1 Å². The molecule has 0 saturated carbocycles. The SMILES string of the molecule is CC(NC(=O)c1cccnc1SCC(=O)Nc1ccc2c(c1)OCO2)C1CCCO1. The highest BCUT2D eigenvalue weighted by molar-refractivity contribution is 8.00. The van der Waals surface area contributed by atoms with E-state index < -0.39 is 0 Å². The van der Waals surface area contributed by atoms with E-state index in [1.165, 1.54) is 11.8 Å². The molecule has 30 heavy (non-hydrogen) atoms. The van der Waals surface area contributed by atoms with Crippen molar-refractivity contribution >= 4 is 29.3 Å². The molecule has 1 aromatic carbocycles. The van der Waals surface area contributed by atoms with E-state index in [0.717, 1.165) is 19.4 Å². The molecule has 1 saturated heterocycles. The fraction of sp³-hybridized carbons (Fsp3) is 0.381. The van der Waals surface area contributed by atoms with E-state index in [-0.39, 0.29) is 36.5 Å². The van der Waals surface area contributed by atoms with Gasteiger partial charge in [-0.05, 0) is 44.0 Å². The molecule has 0 bridgehead atoms. The molecular formula is C21H23N3O5S. The van der Waals surface area contributed by atoms with Crippen LogP contribution in [0.5, 0.6) is 11.5 Å². The van der Waals surface area contributed by atoms with Gasteiger partial charge in [0.15, 0.2) is 11.5 Å². The molecule has 3 heterocycles. The Hall–Kier alpha value is -2.78. The van der Waals surface area contributed by atoms with Gasteiger partial charge in [-0.2, -0.15) is 0 Å². The number of rotatable bonds is 7. The Morgan fingerprint density at radius 3 is 2.97 bits per heavy atom. The van der Waals surface area contributed by atoms with Gasteiger partial charge in [-0.1, -0.05) is 11.8 Å². The van der Waals surface area contributed by atoms with Gasteiger partial charge in [-0.3, -0.25) is 9.59 Å². The molecule has 2 aliphatic rings. The van der Waals surface area contributed by atoms with Crippen molar-refractivity contribution in [2.45, 2.75) is 36.9 Å². The second kappa shape index (κ2) is 9.36. The van der Waals surface area contributed by atoms with Gasteiger partial charge in [-0.15, -0.1) is 0 Å². The first-order valence-electron chi connectivity index (χ1n) is 9.80. The number of amides is 2. The molecule has 0 spiro atoms. The number of ether oxygens (including phenoxy) is 3. The summed E-state index contributed by atoms with van der Waals surface area (Å²) >= 11 is 1.22. The number of carbonyl (C=O) groups is 2. The number of anilines is 1. The molecule has 1 aromatic heterocycles. The molecule has 2 aliphatic heterocycles. The third-order valence-corrected chi connectivity index (χ3v) is 5.90. The van der Waals surface area contributed by atoms with Crippen LogP contribution in [0.2, 0.25) is 0 Å². The highest BCUT2D eigenvalue weighted by Crippen LogP contribution is 2.34. The zero-order chi connectivity index (χ0) is 20.9. The maximum Gasteiger partial charge on any atom is 0.254 e. The largest absolute Gasteiger partial charge is 0.454 e. The molecule has 0 aliphatic carbocycles. The summed E-state index contributed by atoms with van der Waals surface area (Å²) in [7, 11) is 0. The summed E-state index contributed by atoms with van der Waals surface area (Å²) in [4.78, 5) is 29.4. The average molecular weight is 429 g/mol. The molecule has 2 aromatic rings. The number of thioether (sulfide) groups is 1. The van der Waals surface area contributed by atoms with Crippen LogP contribution >= 0.6 is 11.8 Å². The minimum absolute atomic E-state index is 0.0363. The molecule has 2 unspecified atom stereocenters. The monoisotopic (exact) mass is 429 g/mol. The Labute approximate surface area is 178 Å². The molecule has 8 nitrogen and oxygen atoms in total. The average Bonchev–Trinajstić information content (AvgIpc) is 3.44. The molecular weight excluding hydrogens is 406 g/mol. The topological polar surface area (TPSA) is 98.8 Å². The summed E-state index contributed by atoms with van der Waals surface area (Å²) < 4.78 is 16.2. The molecule has 158 valence electrons. The van der Waals surface area contributed by atoms with Crippen molar-refractivity contribution in [2.24, 2.45) is 0 Å². The summed E-state index contributed by atoms with van der Waals surface area (Å²) in [6, 6.07) is 8.55. The van der Waals surface area contributed by atoms with Crippen LogP contribution in [0.25, 0.3) is 0 Å². The number of hydrogen-bond acceptors (Lipinski definition) is 7. The van der Waals surface area contributed by atoms with Crippen molar-refractivity contribution in [3.8, 4) is 11.5 Å². The number of aromatic nitrogens is 1. The molecule has 2 N–H and O–H groups in total. The van der Waals surface area contributed by atoms with E-state index in [9.17, 15) is 9.59 Å². The van der Waals surface area contributed by atoms with Gasteiger partial charge in [0, 0.05) is 24.6 Å². The lowest BCUT2D eigenvalue weighted by Gasteiger charge is -2.20. The number of fused-ring (bicyclic) bond motifs is 1. The van der Waals surface area contributed by atoms with E-state index in [4.69, 9.17) is 14.2 Å². The molecule has 9 heteroatoms. The van der Waals surface area contributed by atoms with E-state index in [1.54, 1.807) is 36.5 Å². The third-order valence-electron chi connectivity index (χ3n) is 4.89. The number of carbonyl (C=O) groups excluding carboxylic acids is 2. The van der Waals surface area contributed by atoms with Crippen LogP contribution in [-0.4, -0.2) is 48.1 Å². The summed E-state index contributed by atoms with van der Waals surface area (Å²) in [5.74, 6) is 0.953. The lowest BCUT2D eigenvalue weighted by molar-refractivity contribution is -0.113. The van der Waals surface area contributed by atoms with Gasteiger partial charge >= 0.3 is 0 Å². The van der Waals surface area contributed by atoms with E-state index in [1.807, 2.05) is 6.92 Å². The fourth-order valence-electron chi connectivity index (χ4n) is 3.36. The zero-order valence-electron chi connectivity index (χ0n) is 16.6. The molecule has 1 fully saturated rings. The number of pyridine rings is 1. The second-order valence-corrected chi connectivity index (χ2v) is 8.04. The zero-order valence-corrected chi connectivity index (χ0v) is 17.4. The first-order valence-corrected chi connectivity index (χ1v) is 10.8. The summed E-state index contributed by atoms with van der Waals surface area (Å²) in [5.41, 5.74) is 1.07. The van der Waals surface area contributed by atoms with Gasteiger partial charge in [0.25, 0.3) is 5.91 Å². The van der Waals surface area contributed by atoms with Gasteiger partial charge < -0.3 is 24.8 Å². The molecule has 4 rings (SSSR count). The lowest BCUT2D eigenvalue weighted by Crippen LogP contribution is -2.41. The maximum atomic E-state index is 12.7. The summed E-state index contributed by atoms with van der Waals surface area (Å²) in [6.07, 6.45) is 3.60. The number of nitrogens with zero attached hydrogens (tertiary/aromatic N) is 1. The molecule has 2 atom stereocenters. The van der Waals surface area contributed by atoms with Crippen molar-refractivity contribution in [1.29, 1.82) is 0 Å². The predicted octanol–water partition coefficient (Wildman–Crippen LogP) is 2.84. The Bertz CT molecular complexity index is 933. The smallest absolute Gasteiger partial charge is 0.254 e. The van der Waals surface area contributed by atoms with Crippen LogP contribution in [0.4, 0.5) is 5.69 Å². The van der Waals surface area contributed by atoms with Gasteiger partial charge in [0.05, 0.1) is 23.5 Å². The highest BCUT2D eigenvalue weighted by Gasteiger charge is 2.25. The third kappa shape index (κ3) is 4.85. The van der Waals surface area contributed by atoms with Crippen LogP contribution in [0.3, 0.4) is 0 Å². The normalized spacial score (nSPS) is 18.1. The fourth-order valence-corrected chi connectivity index (χ4v) is 4.15.